The Balaban J connectivity index is 1.58. The molecular formula is C18H15F5O3. The van der Waals surface area contributed by atoms with Crippen molar-refractivity contribution in [3.63, 3.8) is 0 Å². The first kappa shape index (κ1) is 18.6. The summed E-state index contributed by atoms with van der Waals surface area (Å²) in [6.07, 6.45) is -1.07. The molecule has 2 aromatic carbocycles. The average molecular weight is 374 g/mol. The van der Waals surface area contributed by atoms with Crippen molar-refractivity contribution < 1.29 is 36.2 Å². The van der Waals surface area contributed by atoms with Crippen LogP contribution in [0.25, 0.3) is 0 Å². The summed E-state index contributed by atoms with van der Waals surface area (Å²) >= 11 is 0. The maximum atomic E-state index is 13.7. The van der Waals surface area contributed by atoms with E-state index in [1.807, 2.05) is 0 Å². The van der Waals surface area contributed by atoms with Gasteiger partial charge in [0.1, 0.15) is 0 Å². The summed E-state index contributed by atoms with van der Waals surface area (Å²) in [6.45, 7) is 1.62. The quantitative estimate of drug-likeness (QED) is 0.585. The highest BCUT2D eigenvalue weighted by Gasteiger charge is 2.26. The van der Waals surface area contributed by atoms with Crippen LogP contribution in [0.15, 0.2) is 24.3 Å². The lowest BCUT2D eigenvalue weighted by atomic mass is 10.1. The predicted molar refractivity (Wildman–Crippen MR) is 81.0 cm³/mol. The van der Waals surface area contributed by atoms with E-state index in [4.69, 9.17) is 14.2 Å². The molecule has 0 bridgehead atoms. The van der Waals surface area contributed by atoms with Crippen molar-refractivity contribution >= 4 is 0 Å². The van der Waals surface area contributed by atoms with E-state index in [0.29, 0.717) is 5.56 Å². The second kappa shape index (κ2) is 7.59. The van der Waals surface area contributed by atoms with Gasteiger partial charge in [0.05, 0.1) is 19.8 Å². The highest BCUT2D eigenvalue weighted by Crippen LogP contribution is 2.29. The summed E-state index contributed by atoms with van der Waals surface area (Å²) in [5.74, 6) is -6.71. The number of ether oxygens (including phenoxy) is 3. The molecule has 0 saturated carbocycles. The standard InChI is InChI=1S/C18H15F5O3/c1-9-2-14(21)17(15(22)3-9)24-6-10-7-25-18(26-8-10)11-4-12(19)16(23)13(20)5-11/h2-5,10,18H,6-8H2,1H3. The van der Waals surface area contributed by atoms with Gasteiger partial charge < -0.3 is 14.2 Å². The van der Waals surface area contributed by atoms with Gasteiger partial charge in [-0.1, -0.05) is 0 Å². The zero-order valence-electron chi connectivity index (χ0n) is 13.7. The van der Waals surface area contributed by atoms with Crippen LogP contribution in [0.2, 0.25) is 0 Å². The first-order chi connectivity index (χ1) is 12.3. The zero-order chi connectivity index (χ0) is 18.8. The zero-order valence-corrected chi connectivity index (χ0v) is 13.7. The Morgan fingerprint density at radius 1 is 0.885 bits per heavy atom. The summed E-state index contributed by atoms with van der Waals surface area (Å²) in [6, 6.07) is 3.88. The smallest absolute Gasteiger partial charge is 0.194 e. The maximum absolute atomic E-state index is 13.7. The SMILES string of the molecule is Cc1cc(F)c(OCC2COC(c3cc(F)c(F)c(F)c3)OC2)c(F)c1. The normalized spacial score (nSPS) is 20.2. The number of halogens is 5. The van der Waals surface area contributed by atoms with E-state index < -0.39 is 41.1 Å². The van der Waals surface area contributed by atoms with Crippen molar-refractivity contribution in [2.24, 2.45) is 5.92 Å². The Bertz CT molecular complexity index is 757. The number of benzene rings is 2. The molecule has 2 aromatic rings. The minimum Gasteiger partial charge on any atom is -0.487 e. The van der Waals surface area contributed by atoms with Crippen LogP contribution < -0.4 is 4.74 Å². The Morgan fingerprint density at radius 2 is 1.42 bits per heavy atom. The molecule has 8 heteroatoms. The molecule has 0 N–H and O–H groups in total. The number of rotatable bonds is 4. The third kappa shape index (κ3) is 3.96. The fourth-order valence-electron chi connectivity index (χ4n) is 2.57. The number of hydrogen-bond acceptors (Lipinski definition) is 3. The molecule has 0 radical (unpaired) electrons. The van der Waals surface area contributed by atoms with E-state index in [1.165, 1.54) is 0 Å². The molecule has 0 aliphatic carbocycles. The Morgan fingerprint density at radius 3 is 1.96 bits per heavy atom. The van der Waals surface area contributed by atoms with Gasteiger partial charge >= 0.3 is 0 Å². The van der Waals surface area contributed by atoms with Gasteiger partial charge in [0.2, 0.25) is 0 Å². The van der Waals surface area contributed by atoms with Gasteiger partial charge in [-0.2, -0.15) is 0 Å². The lowest BCUT2D eigenvalue weighted by Crippen LogP contribution is -2.31. The van der Waals surface area contributed by atoms with Gasteiger partial charge in [0, 0.05) is 11.5 Å². The number of hydrogen-bond donors (Lipinski definition) is 0. The van der Waals surface area contributed by atoms with E-state index in [2.05, 4.69) is 0 Å². The molecule has 1 aliphatic heterocycles. The van der Waals surface area contributed by atoms with E-state index in [9.17, 15) is 22.0 Å². The third-order valence-corrected chi connectivity index (χ3v) is 3.85. The monoisotopic (exact) mass is 374 g/mol. The molecule has 0 aromatic heterocycles. The Kier molecular flexibility index (Phi) is 5.43. The largest absolute Gasteiger partial charge is 0.487 e. The van der Waals surface area contributed by atoms with Crippen LogP contribution in [0.1, 0.15) is 17.4 Å². The minimum atomic E-state index is -1.57. The summed E-state index contributed by atoms with van der Waals surface area (Å²) in [7, 11) is 0. The van der Waals surface area contributed by atoms with E-state index in [0.717, 1.165) is 24.3 Å². The minimum absolute atomic E-state index is 0.00334. The average Bonchev–Trinajstić information content (AvgIpc) is 2.59. The molecule has 0 amide bonds. The molecule has 0 spiro atoms. The van der Waals surface area contributed by atoms with Crippen LogP contribution in [-0.4, -0.2) is 19.8 Å². The van der Waals surface area contributed by atoms with Gasteiger partial charge in [-0.15, -0.1) is 0 Å². The summed E-state index contributed by atoms with van der Waals surface area (Å²) < 4.78 is 82.8. The fourth-order valence-corrected chi connectivity index (χ4v) is 2.57. The van der Waals surface area contributed by atoms with Crippen molar-refractivity contribution in [3.05, 3.63) is 64.5 Å². The predicted octanol–water partition coefficient (Wildman–Crippen LogP) is 4.43. The van der Waals surface area contributed by atoms with Crippen LogP contribution >= 0.6 is 0 Å². The summed E-state index contributed by atoms with van der Waals surface area (Å²) in [4.78, 5) is 0. The lowest BCUT2D eigenvalue weighted by Gasteiger charge is -2.29. The molecule has 1 saturated heterocycles. The van der Waals surface area contributed by atoms with Gasteiger partial charge in [0.15, 0.2) is 41.1 Å². The van der Waals surface area contributed by atoms with Gasteiger partial charge in [0.25, 0.3) is 0 Å². The first-order valence-electron chi connectivity index (χ1n) is 7.81. The van der Waals surface area contributed by atoms with Crippen molar-refractivity contribution in [2.75, 3.05) is 19.8 Å². The van der Waals surface area contributed by atoms with Gasteiger partial charge in [-0.25, -0.2) is 22.0 Å². The molecule has 140 valence electrons. The molecule has 0 unspecified atom stereocenters. The van der Waals surface area contributed by atoms with Crippen LogP contribution in [0.3, 0.4) is 0 Å². The van der Waals surface area contributed by atoms with Crippen LogP contribution in [-0.2, 0) is 9.47 Å². The fraction of sp³-hybridized carbons (Fsp3) is 0.333. The molecule has 1 heterocycles. The molecule has 1 aliphatic rings. The molecule has 3 rings (SSSR count). The molecular weight excluding hydrogens is 359 g/mol. The van der Waals surface area contributed by atoms with Crippen molar-refractivity contribution in [2.45, 2.75) is 13.2 Å². The summed E-state index contributed by atoms with van der Waals surface area (Å²) in [5.41, 5.74) is 0.426. The summed E-state index contributed by atoms with van der Waals surface area (Å²) in [5, 5.41) is 0. The Hall–Kier alpha value is -2.19. The highest BCUT2D eigenvalue weighted by atomic mass is 19.2. The molecule has 3 nitrogen and oxygen atoms in total. The molecule has 26 heavy (non-hydrogen) atoms. The Labute approximate surface area is 146 Å². The van der Waals surface area contributed by atoms with Crippen molar-refractivity contribution in [1.29, 1.82) is 0 Å². The first-order valence-corrected chi connectivity index (χ1v) is 7.81. The van der Waals surface area contributed by atoms with Crippen LogP contribution in [0.5, 0.6) is 5.75 Å². The van der Waals surface area contributed by atoms with Gasteiger partial charge in [-0.05, 0) is 36.8 Å². The van der Waals surface area contributed by atoms with E-state index >= 15 is 0 Å². The topological polar surface area (TPSA) is 27.7 Å². The lowest BCUT2D eigenvalue weighted by molar-refractivity contribution is -0.209. The van der Waals surface area contributed by atoms with Crippen LogP contribution in [0.4, 0.5) is 22.0 Å². The molecule has 1 fully saturated rings. The molecule has 0 atom stereocenters. The third-order valence-electron chi connectivity index (χ3n) is 3.85. The van der Waals surface area contributed by atoms with Crippen molar-refractivity contribution in [3.8, 4) is 5.75 Å². The van der Waals surface area contributed by atoms with Gasteiger partial charge in [-0.3, -0.25) is 0 Å². The second-order valence-electron chi connectivity index (χ2n) is 6.03. The van der Waals surface area contributed by atoms with E-state index in [1.54, 1.807) is 6.92 Å². The second-order valence-corrected chi connectivity index (χ2v) is 6.03. The van der Waals surface area contributed by atoms with Crippen molar-refractivity contribution in [1.82, 2.24) is 0 Å². The van der Waals surface area contributed by atoms with Crippen LogP contribution in [0, 0.1) is 41.9 Å². The maximum Gasteiger partial charge on any atom is 0.194 e. The van der Waals surface area contributed by atoms with E-state index in [-0.39, 0.29) is 31.3 Å². The number of aryl methyl sites for hydroxylation is 1. The highest BCUT2D eigenvalue weighted by molar-refractivity contribution is 5.30.